The van der Waals surface area contributed by atoms with Gasteiger partial charge in [0, 0.05) is 35.0 Å². The zero-order valence-electron chi connectivity index (χ0n) is 14.8. The Morgan fingerprint density at radius 1 is 1.32 bits per heavy atom. The first-order valence-electron chi connectivity index (χ1n) is 9.12. The zero-order chi connectivity index (χ0) is 19.3. The molecule has 1 fully saturated rings. The van der Waals surface area contributed by atoms with Crippen LogP contribution in [0.2, 0.25) is 0 Å². The zero-order valence-corrected chi connectivity index (χ0v) is 14.8. The van der Waals surface area contributed by atoms with Gasteiger partial charge in [0.15, 0.2) is 0 Å². The number of halogens is 2. The van der Waals surface area contributed by atoms with E-state index in [2.05, 4.69) is 27.5 Å². The number of fused-ring (bicyclic) bond motifs is 2. The molecule has 0 atom stereocenters. The molecule has 4 aromatic heterocycles. The number of nitrogens with one attached hydrogen (secondary N) is 2. The minimum Gasteiger partial charge on any atom is -0.346 e. The second kappa shape index (κ2) is 6.40. The van der Waals surface area contributed by atoms with Gasteiger partial charge in [0.2, 0.25) is 0 Å². The standard InChI is InChI=1S/C20H17F2N5O/c21-18(22)10-24-20(28)15-9-25-27-6-5-12(7-17(15)27)14-8-23-19-13(14)3-4-16(26-19)11-1-2-11/h3-9,11,18H,1-2,10H2,(H,23,26)(H,24,28). The highest BCUT2D eigenvalue weighted by atomic mass is 19.3. The number of rotatable bonds is 5. The Balaban J connectivity index is 1.53. The lowest BCUT2D eigenvalue weighted by atomic mass is 10.1. The van der Waals surface area contributed by atoms with Gasteiger partial charge in [-0.25, -0.2) is 18.3 Å². The molecule has 0 saturated heterocycles. The maximum Gasteiger partial charge on any atom is 0.255 e. The lowest BCUT2D eigenvalue weighted by molar-refractivity contribution is 0.0893. The molecule has 6 nitrogen and oxygen atoms in total. The van der Waals surface area contributed by atoms with Gasteiger partial charge < -0.3 is 10.3 Å². The molecule has 0 radical (unpaired) electrons. The highest BCUT2D eigenvalue weighted by molar-refractivity contribution is 6.02. The maximum absolute atomic E-state index is 12.4. The van der Waals surface area contributed by atoms with E-state index in [9.17, 15) is 13.6 Å². The van der Waals surface area contributed by atoms with Crippen molar-refractivity contribution in [1.82, 2.24) is 24.9 Å². The van der Waals surface area contributed by atoms with Gasteiger partial charge in [-0.3, -0.25) is 4.79 Å². The summed E-state index contributed by atoms with van der Waals surface area (Å²) in [6.45, 7) is -0.687. The van der Waals surface area contributed by atoms with Crippen LogP contribution in [0.15, 0.2) is 42.9 Å². The van der Waals surface area contributed by atoms with Gasteiger partial charge in [-0.15, -0.1) is 0 Å². The molecule has 8 heteroatoms. The number of pyridine rings is 2. The number of carbonyl (C=O) groups excluding carboxylic acids is 1. The average Bonchev–Trinajstić information content (AvgIpc) is 3.33. The second-order valence-corrected chi connectivity index (χ2v) is 7.01. The van der Waals surface area contributed by atoms with Gasteiger partial charge in [-0.1, -0.05) is 0 Å². The summed E-state index contributed by atoms with van der Waals surface area (Å²) in [5.74, 6) is 0.00993. The van der Waals surface area contributed by atoms with Crippen molar-refractivity contribution >= 4 is 22.5 Å². The number of aromatic nitrogens is 4. The highest BCUT2D eigenvalue weighted by Gasteiger charge is 2.25. The highest BCUT2D eigenvalue weighted by Crippen LogP contribution is 2.40. The van der Waals surface area contributed by atoms with E-state index < -0.39 is 18.9 Å². The molecule has 1 saturated carbocycles. The number of hydrogen-bond acceptors (Lipinski definition) is 3. The van der Waals surface area contributed by atoms with Crippen LogP contribution in [0.3, 0.4) is 0 Å². The number of aromatic amines is 1. The lowest BCUT2D eigenvalue weighted by Crippen LogP contribution is -2.28. The van der Waals surface area contributed by atoms with Crippen molar-refractivity contribution in [3.05, 3.63) is 54.1 Å². The molecule has 0 aromatic carbocycles. The van der Waals surface area contributed by atoms with Gasteiger partial charge in [-0.2, -0.15) is 5.10 Å². The van der Waals surface area contributed by atoms with Crippen LogP contribution in [0.5, 0.6) is 0 Å². The molecular formula is C20H17F2N5O. The SMILES string of the molecule is O=C(NCC(F)F)c1cnn2ccc(-c3c[nH]c4nc(C5CC5)ccc34)cc12. The van der Waals surface area contributed by atoms with Crippen molar-refractivity contribution in [2.75, 3.05) is 6.54 Å². The molecule has 1 aliphatic rings. The molecule has 0 aliphatic heterocycles. The normalized spacial score (nSPS) is 14.2. The minimum atomic E-state index is -2.60. The van der Waals surface area contributed by atoms with E-state index >= 15 is 0 Å². The van der Waals surface area contributed by atoms with Gasteiger partial charge >= 0.3 is 0 Å². The van der Waals surface area contributed by atoms with Crippen LogP contribution in [0.25, 0.3) is 27.7 Å². The Morgan fingerprint density at radius 3 is 2.96 bits per heavy atom. The van der Waals surface area contributed by atoms with Crippen molar-refractivity contribution in [3.63, 3.8) is 0 Å². The van der Waals surface area contributed by atoms with Gasteiger partial charge in [-0.05, 0) is 42.7 Å². The van der Waals surface area contributed by atoms with Crippen molar-refractivity contribution < 1.29 is 13.6 Å². The third-order valence-corrected chi connectivity index (χ3v) is 5.05. The van der Waals surface area contributed by atoms with E-state index in [0.717, 1.165) is 27.9 Å². The molecule has 0 spiro atoms. The summed E-state index contributed by atoms with van der Waals surface area (Å²) in [7, 11) is 0. The fourth-order valence-corrected chi connectivity index (χ4v) is 3.45. The Labute approximate surface area is 158 Å². The molecule has 1 amide bonds. The van der Waals surface area contributed by atoms with E-state index in [4.69, 9.17) is 4.98 Å². The van der Waals surface area contributed by atoms with Crippen molar-refractivity contribution in [2.24, 2.45) is 0 Å². The molecule has 5 rings (SSSR count). The number of alkyl halides is 2. The van der Waals surface area contributed by atoms with Gasteiger partial charge in [0.25, 0.3) is 12.3 Å². The quantitative estimate of drug-likeness (QED) is 0.553. The summed E-state index contributed by atoms with van der Waals surface area (Å²) in [6.07, 6.45) is 4.83. The Hall–Kier alpha value is -3.29. The molecule has 4 aromatic rings. The largest absolute Gasteiger partial charge is 0.346 e. The number of carbonyl (C=O) groups is 1. The van der Waals surface area contributed by atoms with Crippen LogP contribution in [-0.2, 0) is 0 Å². The minimum absolute atomic E-state index is 0.261. The Bertz CT molecular complexity index is 1190. The third kappa shape index (κ3) is 2.90. The predicted molar refractivity (Wildman–Crippen MR) is 101 cm³/mol. The number of H-pyrrole nitrogens is 1. The van der Waals surface area contributed by atoms with Crippen LogP contribution in [-0.4, -0.2) is 38.5 Å². The predicted octanol–water partition coefficient (Wildman–Crippen LogP) is 3.75. The lowest BCUT2D eigenvalue weighted by Gasteiger charge is -2.05. The topological polar surface area (TPSA) is 75.1 Å². The monoisotopic (exact) mass is 381 g/mol. The van der Waals surface area contributed by atoms with Gasteiger partial charge in [0.05, 0.1) is 23.8 Å². The third-order valence-electron chi connectivity index (χ3n) is 5.05. The summed E-state index contributed by atoms with van der Waals surface area (Å²) >= 11 is 0. The summed E-state index contributed by atoms with van der Waals surface area (Å²) in [5, 5.41) is 7.36. The summed E-state index contributed by atoms with van der Waals surface area (Å²) in [6, 6.07) is 7.87. The van der Waals surface area contributed by atoms with Crippen LogP contribution < -0.4 is 5.32 Å². The van der Waals surface area contributed by atoms with Crippen LogP contribution >= 0.6 is 0 Å². The molecule has 28 heavy (non-hydrogen) atoms. The van der Waals surface area contributed by atoms with Crippen LogP contribution in [0, 0.1) is 0 Å². The molecular weight excluding hydrogens is 364 g/mol. The fraction of sp³-hybridized carbons (Fsp3) is 0.250. The molecule has 4 heterocycles. The summed E-state index contributed by atoms with van der Waals surface area (Å²) in [5.41, 5.74) is 4.63. The van der Waals surface area contributed by atoms with Crippen molar-refractivity contribution in [3.8, 4) is 11.1 Å². The first kappa shape index (κ1) is 16.9. The summed E-state index contributed by atoms with van der Waals surface area (Å²) in [4.78, 5) is 20.2. The van der Waals surface area contributed by atoms with E-state index in [1.54, 1.807) is 10.7 Å². The molecule has 142 valence electrons. The van der Waals surface area contributed by atoms with Crippen molar-refractivity contribution in [2.45, 2.75) is 25.2 Å². The van der Waals surface area contributed by atoms with E-state index in [1.807, 2.05) is 18.3 Å². The van der Waals surface area contributed by atoms with Gasteiger partial charge in [0.1, 0.15) is 5.65 Å². The Kier molecular flexibility index (Phi) is 3.85. The Morgan fingerprint density at radius 2 is 2.18 bits per heavy atom. The maximum atomic E-state index is 12.4. The van der Waals surface area contributed by atoms with E-state index in [1.165, 1.54) is 19.0 Å². The number of nitrogens with zero attached hydrogens (tertiary/aromatic N) is 3. The molecule has 2 N–H and O–H groups in total. The fourth-order valence-electron chi connectivity index (χ4n) is 3.45. The smallest absolute Gasteiger partial charge is 0.255 e. The second-order valence-electron chi connectivity index (χ2n) is 7.01. The van der Waals surface area contributed by atoms with Crippen LogP contribution in [0.1, 0.15) is 34.8 Å². The molecule has 0 bridgehead atoms. The average molecular weight is 381 g/mol. The van der Waals surface area contributed by atoms with Crippen LogP contribution in [0.4, 0.5) is 8.78 Å². The van der Waals surface area contributed by atoms with Crippen molar-refractivity contribution in [1.29, 1.82) is 0 Å². The first-order valence-corrected chi connectivity index (χ1v) is 9.12. The van der Waals surface area contributed by atoms with E-state index in [0.29, 0.717) is 11.4 Å². The first-order chi connectivity index (χ1) is 13.6. The number of hydrogen-bond donors (Lipinski definition) is 2. The van der Waals surface area contributed by atoms with E-state index in [-0.39, 0.29) is 5.56 Å². The number of amides is 1. The molecule has 1 aliphatic carbocycles. The molecule has 0 unspecified atom stereocenters. The summed E-state index contributed by atoms with van der Waals surface area (Å²) < 4.78 is 26.3.